The molecule has 0 saturated carbocycles. The van der Waals surface area contributed by atoms with Crippen LogP contribution in [0.2, 0.25) is 0 Å². The van der Waals surface area contributed by atoms with E-state index in [-0.39, 0.29) is 5.82 Å². The van der Waals surface area contributed by atoms with Crippen molar-refractivity contribution >= 4 is 13.6 Å². The molecule has 2 aliphatic rings. The summed E-state index contributed by atoms with van der Waals surface area (Å²) in [5, 5.41) is 9.19. The summed E-state index contributed by atoms with van der Waals surface area (Å²) in [5.41, 5.74) is 4.65. The van der Waals surface area contributed by atoms with E-state index < -0.39 is 44.7 Å². The molecule has 0 amide bonds. The van der Waals surface area contributed by atoms with Gasteiger partial charge in [0.05, 0.1) is 6.61 Å². The average Bonchev–Trinajstić information content (AvgIpc) is 2.83. The molecule has 0 bridgehead atoms. The first-order chi connectivity index (χ1) is 9.41. The Kier molecular flexibility index (Phi) is 3.16. The lowest BCUT2D eigenvalue weighted by atomic mass is 10.1. The first-order valence-electron chi connectivity index (χ1n) is 5.70. The fraction of sp³-hybridized carbons (Fsp3) is 0.556. The molecule has 20 heavy (non-hydrogen) atoms. The van der Waals surface area contributed by atoms with Crippen molar-refractivity contribution in [1.29, 1.82) is 0 Å². The Hall–Kier alpha value is -1.29. The zero-order valence-electron chi connectivity index (χ0n) is 9.99. The van der Waals surface area contributed by atoms with E-state index in [1.54, 1.807) is 0 Å². The average molecular weight is 304 g/mol. The number of rotatable bonds is 2. The molecular formula is C9H11N3O7P-. The van der Waals surface area contributed by atoms with Gasteiger partial charge in [-0.2, -0.15) is 4.98 Å². The number of fused-ring (bicyclic) bond motifs is 1. The minimum absolute atomic E-state index is 0.0255. The second-order valence-corrected chi connectivity index (χ2v) is 5.69. The Morgan fingerprint density at radius 2 is 2.20 bits per heavy atom. The quantitative estimate of drug-likeness (QED) is 0.589. The first-order valence-corrected chi connectivity index (χ1v) is 7.16. The van der Waals surface area contributed by atoms with E-state index in [1.165, 1.54) is 12.3 Å². The molecule has 3 heterocycles. The van der Waals surface area contributed by atoms with E-state index >= 15 is 0 Å². The molecule has 5 atom stereocenters. The second kappa shape index (κ2) is 4.62. The molecular weight excluding hydrogens is 293 g/mol. The lowest BCUT2D eigenvalue weighted by Crippen LogP contribution is -2.34. The van der Waals surface area contributed by atoms with Crippen LogP contribution in [0.5, 0.6) is 0 Å². The fourth-order valence-corrected chi connectivity index (χ4v) is 3.39. The highest BCUT2D eigenvalue weighted by Crippen LogP contribution is 2.55. The number of phosphoric ester groups is 1. The number of aliphatic hydroxyl groups is 1. The van der Waals surface area contributed by atoms with E-state index in [0.29, 0.717) is 0 Å². The minimum atomic E-state index is -4.46. The van der Waals surface area contributed by atoms with Crippen LogP contribution in [-0.4, -0.2) is 39.6 Å². The Balaban J connectivity index is 1.98. The second-order valence-electron chi connectivity index (χ2n) is 4.38. The minimum Gasteiger partial charge on any atom is -0.756 e. The van der Waals surface area contributed by atoms with Crippen molar-refractivity contribution in [2.45, 2.75) is 24.5 Å². The van der Waals surface area contributed by atoms with Crippen molar-refractivity contribution in [2.75, 3.05) is 12.3 Å². The molecule has 11 heteroatoms. The van der Waals surface area contributed by atoms with Crippen LogP contribution in [0.25, 0.3) is 0 Å². The molecule has 1 unspecified atom stereocenters. The van der Waals surface area contributed by atoms with Gasteiger partial charge in [0.15, 0.2) is 6.23 Å². The standard InChI is InChI=1S/C9H12N3O7P/c10-5-1-2-12(9(14)11-5)8-7-6(4(3-13)17-8)18-20(15,16)19-7/h1-2,4,6-8,13H,3H2,(H,15,16)(H2,10,11,14)/p-1/t4-,6+,7-,8+/m0/s1. The predicted molar refractivity (Wildman–Crippen MR) is 61.3 cm³/mol. The Morgan fingerprint density at radius 1 is 1.50 bits per heavy atom. The number of nitrogens with two attached hydrogens (primary N) is 1. The summed E-state index contributed by atoms with van der Waals surface area (Å²) in [6, 6.07) is 1.36. The molecule has 110 valence electrons. The third-order valence-electron chi connectivity index (χ3n) is 3.09. The molecule has 1 aromatic rings. The van der Waals surface area contributed by atoms with Crippen LogP contribution in [0.4, 0.5) is 5.82 Å². The fourth-order valence-electron chi connectivity index (χ4n) is 2.26. The number of nitrogen functional groups attached to an aromatic ring is 1. The van der Waals surface area contributed by atoms with E-state index in [0.717, 1.165) is 4.57 Å². The molecule has 1 aromatic heterocycles. The lowest BCUT2D eigenvalue weighted by molar-refractivity contribution is -0.222. The molecule has 0 aromatic carbocycles. The molecule has 3 N–H and O–H groups in total. The maximum Gasteiger partial charge on any atom is 0.351 e. The van der Waals surface area contributed by atoms with Gasteiger partial charge in [0.25, 0.3) is 7.82 Å². The number of hydrogen-bond acceptors (Lipinski definition) is 9. The van der Waals surface area contributed by atoms with Crippen molar-refractivity contribution in [2.24, 2.45) is 0 Å². The summed E-state index contributed by atoms with van der Waals surface area (Å²) in [4.78, 5) is 26.6. The monoisotopic (exact) mass is 304 g/mol. The summed E-state index contributed by atoms with van der Waals surface area (Å²) < 4.78 is 27.3. The lowest BCUT2D eigenvalue weighted by Gasteiger charge is -2.22. The van der Waals surface area contributed by atoms with Gasteiger partial charge in [-0.15, -0.1) is 0 Å². The number of aromatic nitrogens is 2. The third kappa shape index (κ3) is 2.16. The van der Waals surface area contributed by atoms with Crippen LogP contribution in [0.15, 0.2) is 17.1 Å². The van der Waals surface area contributed by atoms with Crippen LogP contribution in [0, 0.1) is 0 Å². The molecule has 3 rings (SSSR count). The number of anilines is 1. The van der Waals surface area contributed by atoms with E-state index in [9.17, 15) is 19.4 Å². The SMILES string of the molecule is Nc1ccn([C@@H]2O[C@@H](CO)[C@H]3OP(=O)([O-])O[C@@H]32)c(=O)n1. The van der Waals surface area contributed by atoms with Crippen LogP contribution in [0.3, 0.4) is 0 Å². The van der Waals surface area contributed by atoms with E-state index in [1.807, 2.05) is 0 Å². The van der Waals surface area contributed by atoms with E-state index in [4.69, 9.17) is 19.5 Å². The highest BCUT2D eigenvalue weighted by atomic mass is 31.2. The molecule has 0 radical (unpaired) electrons. The third-order valence-corrected chi connectivity index (χ3v) is 4.10. The Bertz CT molecular complexity index is 634. The van der Waals surface area contributed by atoms with Crippen LogP contribution in [-0.2, 0) is 18.3 Å². The zero-order chi connectivity index (χ0) is 14.5. The van der Waals surface area contributed by atoms with Crippen molar-refractivity contribution in [3.63, 3.8) is 0 Å². The van der Waals surface area contributed by atoms with Gasteiger partial charge >= 0.3 is 5.69 Å². The molecule has 0 aliphatic carbocycles. The summed E-state index contributed by atoms with van der Waals surface area (Å²) in [5.74, 6) is 0.0255. The molecule has 2 saturated heterocycles. The number of phosphoric acid groups is 1. The van der Waals surface area contributed by atoms with E-state index in [2.05, 4.69) is 4.98 Å². The highest BCUT2D eigenvalue weighted by molar-refractivity contribution is 7.46. The largest absolute Gasteiger partial charge is 0.756 e. The smallest absolute Gasteiger partial charge is 0.351 e. The number of hydrogen-bond donors (Lipinski definition) is 2. The van der Waals surface area contributed by atoms with Gasteiger partial charge in [0.1, 0.15) is 24.1 Å². The van der Waals surface area contributed by atoms with Crippen LogP contribution < -0.4 is 16.3 Å². The molecule has 2 aliphatic heterocycles. The van der Waals surface area contributed by atoms with Gasteiger partial charge in [-0.3, -0.25) is 9.13 Å². The van der Waals surface area contributed by atoms with Gasteiger partial charge in [-0.25, -0.2) is 4.79 Å². The number of ether oxygens (including phenoxy) is 1. The normalized spacial score (nSPS) is 39.9. The van der Waals surface area contributed by atoms with Gasteiger partial charge in [0.2, 0.25) is 0 Å². The Labute approximate surface area is 112 Å². The van der Waals surface area contributed by atoms with Crippen molar-refractivity contribution < 1.29 is 28.3 Å². The van der Waals surface area contributed by atoms with Crippen molar-refractivity contribution in [3.8, 4) is 0 Å². The molecule has 0 spiro atoms. The maximum absolute atomic E-state index is 11.8. The van der Waals surface area contributed by atoms with Gasteiger partial charge in [-0.1, -0.05) is 0 Å². The summed E-state index contributed by atoms with van der Waals surface area (Å²) in [6.45, 7) is -0.474. The van der Waals surface area contributed by atoms with Crippen molar-refractivity contribution in [1.82, 2.24) is 9.55 Å². The molecule has 10 nitrogen and oxygen atoms in total. The number of aliphatic hydroxyl groups excluding tert-OH is 1. The van der Waals surface area contributed by atoms with Gasteiger partial charge < -0.3 is 29.5 Å². The summed E-state index contributed by atoms with van der Waals surface area (Å²) in [7, 11) is -4.46. The number of nitrogens with zero attached hydrogens (tertiary/aromatic N) is 2. The predicted octanol–water partition coefficient (Wildman–Crippen LogP) is -2.03. The topological polar surface area (TPSA) is 149 Å². The summed E-state index contributed by atoms with van der Waals surface area (Å²) in [6.07, 6.45) is -2.73. The van der Waals surface area contributed by atoms with Crippen LogP contribution >= 0.6 is 7.82 Å². The van der Waals surface area contributed by atoms with Gasteiger partial charge in [0, 0.05) is 6.20 Å². The Morgan fingerprint density at radius 3 is 2.85 bits per heavy atom. The van der Waals surface area contributed by atoms with Gasteiger partial charge in [-0.05, 0) is 6.07 Å². The first kappa shape index (κ1) is 13.7. The molecule has 2 fully saturated rings. The summed E-state index contributed by atoms with van der Waals surface area (Å²) >= 11 is 0. The van der Waals surface area contributed by atoms with Crippen molar-refractivity contribution in [3.05, 3.63) is 22.7 Å². The maximum atomic E-state index is 11.8. The zero-order valence-corrected chi connectivity index (χ0v) is 10.9. The highest BCUT2D eigenvalue weighted by Gasteiger charge is 2.54. The van der Waals surface area contributed by atoms with Crippen LogP contribution in [0.1, 0.15) is 6.23 Å².